The average Bonchev–Trinajstić information content (AvgIpc) is 2.93. The van der Waals surface area contributed by atoms with Crippen LogP contribution in [-0.2, 0) is 11.3 Å². The number of nitrogens with zero attached hydrogens (tertiary/aromatic N) is 3. The van der Waals surface area contributed by atoms with E-state index in [2.05, 4.69) is 20.9 Å². The van der Waals surface area contributed by atoms with Crippen molar-refractivity contribution in [2.45, 2.75) is 38.4 Å². The summed E-state index contributed by atoms with van der Waals surface area (Å²) in [5.41, 5.74) is 6.22. The molecule has 1 unspecified atom stereocenters. The third-order valence-electron chi connectivity index (χ3n) is 2.49. The van der Waals surface area contributed by atoms with Crippen molar-refractivity contribution in [3.63, 3.8) is 0 Å². The largest absolute Gasteiger partial charge is 0.335 e. The Morgan fingerprint density at radius 3 is 2.89 bits per heavy atom. The van der Waals surface area contributed by atoms with Crippen molar-refractivity contribution < 1.29 is 9.59 Å². The molecule has 0 spiro atoms. The van der Waals surface area contributed by atoms with Gasteiger partial charge in [0, 0.05) is 12.1 Å². The smallest absolute Gasteiger partial charge is 0.321 e. The van der Waals surface area contributed by atoms with Crippen LogP contribution in [0.5, 0.6) is 0 Å². The third-order valence-corrected chi connectivity index (χ3v) is 2.49. The van der Waals surface area contributed by atoms with Gasteiger partial charge < -0.3 is 11.1 Å². The fourth-order valence-electron chi connectivity index (χ4n) is 1.36. The summed E-state index contributed by atoms with van der Waals surface area (Å²) in [6.45, 7) is 1.72. The highest BCUT2D eigenvalue weighted by Gasteiger charge is 2.23. The SMILES string of the molecule is CC(N)c1cn(CC(=O)NC(=O)NC2CC2)nn1. The molecule has 1 heterocycles. The topological polar surface area (TPSA) is 115 Å². The quantitative estimate of drug-likeness (QED) is 0.654. The predicted molar refractivity (Wildman–Crippen MR) is 62.3 cm³/mol. The lowest BCUT2D eigenvalue weighted by molar-refractivity contribution is -0.120. The molecule has 0 saturated heterocycles. The molecule has 0 aromatic carbocycles. The number of nitrogens with two attached hydrogens (primary N) is 1. The lowest BCUT2D eigenvalue weighted by Crippen LogP contribution is -2.41. The lowest BCUT2D eigenvalue weighted by Gasteiger charge is -2.04. The van der Waals surface area contributed by atoms with E-state index in [0.29, 0.717) is 5.69 Å². The Hall–Kier alpha value is -1.96. The molecule has 1 aliphatic carbocycles. The normalized spacial score (nSPS) is 16.1. The van der Waals surface area contributed by atoms with Crippen LogP contribution in [0.15, 0.2) is 6.20 Å². The van der Waals surface area contributed by atoms with Crippen molar-refractivity contribution >= 4 is 11.9 Å². The molecular formula is C10H16N6O2. The van der Waals surface area contributed by atoms with E-state index in [9.17, 15) is 9.59 Å². The van der Waals surface area contributed by atoms with E-state index in [1.165, 1.54) is 4.68 Å². The van der Waals surface area contributed by atoms with Crippen LogP contribution < -0.4 is 16.4 Å². The van der Waals surface area contributed by atoms with Gasteiger partial charge in [-0.1, -0.05) is 5.21 Å². The summed E-state index contributed by atoms with van der Waals surface area (Å²) in [6, 6.07) is -0.483. The van der Waals surface area contributed by atoms with Gasteiger partial charge in [0.1, 0.15) is 6.54 Å². The van der Waals surface area contributed by atoms with Crippen molar-refractivity contribution in [2.75, 3.05) is 0 Å². The second-order valence-corrected chi connectivity index (χ2v) is 4.43. The summed E-state index contributed by atoms with van der Waals surface area (Å²) in [5.74, 6) is -0.436. The number of hydrogen-bond acceptors (Lipinski definition) is 5. The molecule has 1 aromatic rings. The van der Waals surface area contributed by atoms with Gasteiger partial charge in [-0.05, 0) is 19.8 Å². The van der Waals surface area contributed by atoms with Gasteiger partial charge in [0.2, 0.25) is 5.91 Å². The molecule has 98 valence electrons. The van der Waals surface area contributed by atoms with Gasteiger partial charge in [-0.3, -0.25) is 10.1 Å². The Bertz CT molecular complexity index is 451. The molecule has 8 nitrogen and oxygen atoms in total. The number of imide groups is 1. The fourth-order valence-corrected chi connectivity index (χ4v) is 1.36. The molecule has 1 fully saturated rings. The number of carbonyl (C=O) groups excluding carboxylic acids is 2. The molecule has 1 aliphatic rings. The van der Waals surface area contributed by atoms with Crippen LogP contribution in [0.4, 0.5) is 4.79 Å². The highest BCUT2D eigenvalue weighted by atomic mass is 16.2. The number of carbonyl (C=O) groups is 2. The van der Waals surface area contributed by atoms with Gasteiger partial charge in [0.15, 0.2) is 0 Å². The summed E-state index contributed by atoms with van der Waals surface area (Å²) < 4.78 is 1.35. The second-order valence-electron chi connectivity index (χ2n) is 4.43. The monoisotopic (exact) mass is 252 g/mol. The van der Waals surface area contributed by atoms with Crippen LogP contribution in [0, 0.1) is 0 Å². The zero-order valence-electron chi connectivity index (χ0n) is 10.1. The first-order chi connectivity index (χ1) is 8.54. The van der Waals surface area contributed by atoms with Gasteiger partial charge in [0.05, 0.1) is 11.9 Å². The van der Waals surface area contributed by atoms with Gasteiger partial charge in [-0.15, -0.1) is 5.10 Å². The second kappa shape index (κ2) is 5.13. The number of nitrogens with one attached hydrogen (secondary N) is 2. The van der Waals surface area contributed by atoms with Gasteiger partial charge >= 0.3 is 6.03 Å². The fraction of sp³-hybridized carbons (Fsp3) is 0.600. The summed E-state index contributed by atoms with van der Waals surface area (Å²) in [7, 11) is 0. The third kappa shape index (κ3) is 3.52. The van der Waals surface area contributed by atoms with Gasteiger partial charge in [-0.25, -0.2) is 9.48 Å². The Morgan fingerprint density at radius 2 is 2.33 bits per heavy atom. The summed E-state index contributed by atoms with van der Waals surface area (Å²) in [6.07, 6.45) is 3.54. The van der Waals surface area contributed by atoms with Crippen LogP contribution in [0.2, 0.25) is 0 Å². The Kier molecular flexibility index (Phi) is 3.56. The standard InChI is InChI=1S/C10H16N6O2/c1-6(11)8-4-16(15-14-8)5-9(17)13-10(18)12-7-2-3-7/h4,6-7H,2-3,5,11H2,1H3,(H2,12,13,17,18). The maximum atomic E-state index is 11.5. The summed E-state index contributed by atoms with van der Waals surface area (Å²) >= 11 is 0. The van der Waals surface area contributed by atoms with Crippen LogP contribution in [0.1, 0.15) is 31.5 Å². The van der Waals surface area contributed by atoms with E-state index < -0.39 is 11.9 Å². The van der Waals surface area contributed by atoms with Crippen molar-refractivity contribution in [1.82, 2.24) is 25.6 Å². The van der Waals surface area contributed by atoms with E-state index in [1.807, 2.05) is 0 Å². The minimum Gasteiger partial charge on any atom is -0.335 e. The Labute approximate surface area is 104 Å². The lowest BCUT2D eigenvalue weighted by atomic mass is 10.3. The minimum absolute atomic E-state index is 0.0577. The molecule has 1 saturated carbocycles. The van der Waals surface area contributed by atoms with Gasteiger partial charge in [-0.2, -0.15) is 0 Å². The summed E-state index contributed by atoms with van der Waals surface area (Å²) in [4.78, 5) is 22.8. The first-order valence-electron chi connectivity index (χ1n) is 5.80. The van der Waals surface area contributed by atoms with Crippen molar-refractivity contribution in [1.29, 1.82) is 0 Å². The van der Waals surface area contributed by atoms with Crippen LogP contribution in [0.3, 0.4) is 0 Å². The highest BCUT2D eigenvalue weighted by molar-refractivity contribution is 5.94. The van der Waals surface area contributed by atoms with E-state index in [-0.39, 0.29) is 18.6 Å². The molecule has 0 bridgehead atoms. The number of aromatic nitrogens is 3. The van der Waals surface area contributed by atoms with E-state index >= 15 is 0 Å². The molecule has 18 heavy (non-hydrogen) atoms. The minimum atomic E-state index is -0.463. The van der Waals surface area contributed by atoms with E-state index in [1.54, 1.807) is 13.1 Å². The molecule has 8 heteroatoms. The number of urea groups is 1. The molecular weight excluding hydrogens is 236 g/mol. The zero-order chi connectivity index (χ0) is 13.1. The van der Waals surface area contributed by atoms with E-state index in [0.717, 1.165) is 12.8 Å². The first-order valence-corrected chi connectivity index (χ1v) is 5.80. The molecule has 2 rings (SSSR count). The van der Waals surface area contributed by atoms with Crippen molar-refractivity contribution in [3.05, 3.63) is 11.9 Å². The number of hydrogen-bond donors (Lipinski definition) is 3. The predicted octanol–water partition coefficient (Wildman–Crippen LogP) is -0.714. The van der Waals surface area contributed by atoms with Crippen LogP contribution in [0.25, 0.3) is 0 Å². The van der Waals surface area contributed by atoms with Crippen LogP contribution in [-0.4, -0.2) is 33.0 Å². The maximum absolute atomic E-state index is 11.5. The average molecular weight is 252 g/mol. The zero-order valence-corrected chi connectivity index (χ0v) is 10.1. The van der Waals surface area contributed by atoms with Gasteiger partial charge in [0.25, 0.3) is 0 Å². The molecule has 3 amide bonds. The van der Waals surface area contributed by atoms with E-state index in [4.69, 9.17) is 5.73 Å². The number of amides is 3. The first kappa shape index (κ1) is 12.5. The molecule has 1 atom stereocenters. The van der Waals surface area contributed by atoms with Crippen LogP contribution >= 0.6 is 0 Å². The van der Waals surface area contributed by atoms with Crippen molar-refractivity contribution in [2.24, 2.45) is 5.73 Å². The van der Waals surface area contributed by atoms with Crippen molar-refractivity contribution in [3.8, 4) is 0 Å². The molecule has 0 radical (unpaired) electrons. The highest BCUT2D eigenvalue weighted by Crippen LogP contribution is 2.18. The number of rotatable bonds is 4. The Morgan fingerprint density at radius 1 is 1.61 bits per heavy atom. The summed E-state index contributed by atoms with van der Waals surface area (Å²) in [5, 5.41) is 12.5. The molecule has 1 aromatic heterocycles. The molecule has 4 N–H and O–H groups in total. The maximum Gasteiger partial charge on any atom is 0.321 e. The molecule has 0 aliphatic heterocycles. The Balaban J connectivity index is 1.80.